The number of aromatic nitrogens is 4. The van der Waals surface area contributed by atoms with E-state index in [1.807, 2.05) is 43.6 Å². The van der Waals surface area contributed by atoms with Gasteiger partial charge in [0.05, 0.1) is 5.52 Å². The van der Waals surface area contributed by atoms with Crippen molar-refractivity contribution >= 4 is 28.9 Å². The van der Waals surface area contributed by atoms with E-state index in [1.165, 1.54) is 11.1 Å². The van der Waals surface area contributed by atoms with Gasteiger partial charge in [-0.2, -0.15) is 10.1 Å². The standard InChI is InChI=1S/C40H46N8O4/c1-25-21-29(5-6-30(25)23-41-38(51)36-45-39(52-46-36)40(2,3)4)32-13-17-42-48-24-26(22-34(32)48)14-18-47-19-15-28(16-20-47)27-7-9-31(10-8-27)43-33-11-12-35(49)44-37(33)50/h5-10,13,17,21-22,24,28,33,43H,11-12,14-16,18-20,23H2,1-4H3,(H,41,51)(H,44,49,50). The van der Waals surface area contributed by atoms with E-state index < -0.39 is 0 Å². The van der Waals surface area contributed by atoms with Gasteiger partial charge in [-0.15, -0.1) is 0 Å². The van der Waals surface area contributed by atoms with Crippen molar-refractivity contribution in [2.45, 2.75) is 83.7 Å². The molecule has 270 valence electrons. The maximum Gasteiger partial charge on any atom is 0.292 e. The maximum absolute atomic E-state index is 12.7. The number of hydrogen-bond donors (Lipinski definition) is 3. The van der Waals surface area contributed by atoms with Gasteiger partial charge in [0.2, 0.25) is 17.7 Å². The summed E-state index contributed by atoms with van der Waals surface area (Å²) in [5, 5.41) is 17.0. The van der Waals surface area contributed by atoms with Crippen molar-refractivity contribution in [1.82, 2.24) is 35.3 Å². The van der Waals surface area contributed by atoms with Gasteiger partial charge >= 0.3 is 0 Å². The topological polar surface area (TPSA) is 147 Å². The largest absolute Gasteiger partial charge is 0.374 e. The molecule has 3 aromatic heterocycles. The van der Waals surface area contributed by atoms with Crippen LogP contribution in [0, 0.1) is 6.92 Å². The lowest BCUT2D eigenvalue weighted by Crippen LogP contribution is -2.47. The maximum atomic E-state index is 12.7. The summed E-state index contributed by atoms with van der Waals surface area (Å²) in [7, 11) is 0. The van der Waals surface area contributed by atoms with Crippen LogP contribution >= 0.6 is 0 Å². The molecule has 2 aliphatic heterocycles. The molecule has 5 aromatic rings. The van der Waals surface area contributed by atoms with Gasteiger partial charge in [0.15, 0.2) is 0 Å². The van der Waals surface area contributed by atoms with Crippen molar-refractivity contribution in [3.63, 3.8) is 0 Å². The first-order valence-corrected chi connectivity index (χ1v) is 18.1. The molecule has 0 aliphatic carbocycles. The summed E-state index contributed by atoms with van der Waals surface area (Å²) < 4.78 is 7.24. The summed E-state index contributed by atoms with van der Waals surface area (Å²) in [6.07, 6.45) is 8.02. The smallest absolute Gasteiger partial charge is 0.292 e. The van der Waals surface area contributed by atoms with Crippen LogP contribution < -0.4 is 16.0 Å². The molecule has 0 bridgehead atoms. The molecule has 0 spiro atoms. The van der Waals surface area contributed by atoms with Crippen LogP contribution in [0.25, 0.3) is 16.6 Å². The average Bonchev–Trinajstić information content (AvgIpc) is 3.80. The quantitative estimate of drug-likeness (QED) is 0.159. The van der Waals surface area contributed by atoms with Crippen molar-refractivity contribution in [2.24, 2.45) is 0 Å². The van der Waals surface area contributed by atoms with E-state index in [9.17, 15) is 14.4 Å². The van der Waals surface area contributed by atoms with Crippen molar-refractivity contribution in [1.29, 1.82) is 0 Å². The van der Waals surface area contributed by atoms with Gasteiger partial charge in [-0.1, -0.05) is 56.3 Å². The van der Waals surface area contributed by atoms with Crippen molar-refractivity contribution in [3.8, 4) is 11.1 Å². The van der Waals surface area contributed by atoms with E-state index in [0.717, 1.165) is 72.4 Å². The van der Waals surface area contributed by atoms with E-state index in [0.29, 0.717) is 31.2 Å². The number of piperidine rings is 2. The van der Waals surface area contributed by atoms with Gasteiger partial charge in [-0.3, -0.25) is 19.7 Å². The number of amides is 3. The number of fused-ring (bicyclic) bond motifs is 1. The van der Waals surface area contributed by atoms with Crippen LogP contribution in [-0.2, 0) is 28.0 Å². The van der Waals surface area contributed by atoms with Gasteiger partial charge in [0.1, 0.15) is 6.04 Å². The average molecular weight is 703 g/mol. The second kappa shape index (κ2) is 14.7. The van der Waals surface area contributed by atoms with Gasteiger partial charge in [0.25, 0.3) is 11.7 Å². The predicted octanol–water partition coefficient (Wildman–Crippen LogP) is 5.56. The zero-order valence-electron chi connectivity index (χ0n) is 30.2. The lowest BCUT2D eigenvalue weighted by Gasteiger charge is -2.32. The summed E-state index contributed by atoms with van der Waals surface area (Å²) in [5.41, 5.74) is 8.53. The molecule has 2 fully saturated rings. The summed E-state index contributed by atoms with van der Waals surface area (Å²) >= 11 is 0. The molecule has 7 rings (SSSR count). The first-order chi connectivity index (χ1) is 25.0. The van der Waals surface area contributed by atoms with E-state index in [1.54, 1.807) is 0 Å². The number of rotatable bonds is 10. The number of nitrogens with one attached hydrogen (secondary N) is 3. The van der Waals surface area contributed by atoms with Gasteiger partial charge in [0, 0.05) is 48.6 Å². The number of aryl methyl sites for hydroxylation is 1. The third kappa shape index (κ3) is 7.91. The fourth-order valence-electron chi connectivity index (χ4n) is 7.05. The number of imide groups is 1. The molecule has 52 heavy (non-hydrogen) atoms. The molecule has 1 unspecified atom stereocenters. The van der Waals surface area contributed by atoms with Crippen LogP contribution in [0.1, 0.15) is 91.1 Å². The normalized spacial score (nSPS) is 17.3. The Balaban J connectivity index is 0.915. The van der Waals surface area contributed by atoms with E-state index in [-0.39, 0.29) is 35.0 Å². The molecule has 3 N–H and O–H groups in total. The number of carbonyl (C=O) groups is 3. The van der Waals surface area contributed by atoms with Crippen molar-refractivity contribution < 1.29 is 18.9 Å². The summed E-state index contributed by atoms with van der Waals surface area (Å²) in [4.78, 5) is 43.0. The Morgan fingerprint density at radius 1 is 1.02 bits per heavy atom. The predicted molar refractivity (Wildman–Crippen MR) is 198 cm³/mol. The molecule has 5 heterocycles. The second-order valence-corrected chi connectivity index (χ2v) is 15.1. The van der Waals surface area contributed by atoms with Gasteiger partial charge in [-0.25, -0.2) is 4.52 Å². The summed E-state index contributed by atoms with van der Waals surface area (Å²) in [6, 6.07) is 18.7. The monoisotopic (exact) mass is 702 g/mol. The van der Waals surface area contributed by atoms with E-state index >= 15 is 0 Å². The third-order valence-electron chi connectivity index (χ3n) is 10.2. The lowest BCUT2D eigenvalue weighted by molar-refractivity contribution is -0.133. The van der Waals surface area contributed by atoms with Crippen LogP contribution in [0.15, 0.2) is 71.5 Å². The van der Waals surface area contributed by atoms with Crippen LogP contribution in [0.2, 0.25) is 0 Å². The van der Waals surface area contributed by atoms with Crippen molar-refractivity contribution in [3.05, 3.63) is 101 Å². The Morgan fingerprint density at radius 2 is 1.81 bits per heavy atom. The molecule has 3 amide bonds. The minimum atomic E-state index is -0.372. The van der Waals surface area contributed by atoms with Crippen LogP contribution in [0.5, 0.6) is 0 Å². The zero-order valence-corrected chi connectivity index (χ0v) is 30.2. The molecule has 0 saturated carbocycles. The van der Waals surface area contributed by atoms with E-state index in [4.69, 9.17) is 4.52 Å². The number of anilines is 1. The summed E-state index contributed by atoms with van der Waals surface area (Å²) in [5.74, 6) is 0.165. The Morgan fingerprint density at radius 3 is 2.52 bits per heavy atom. The Labute approximate surface area is 303 Å². The van der Waals surface area contributed by atoms with Gasteiger partial charge < -0.3 is 20.1 Å². The Kier molecular flexibility index (Phi) is 9.92. The Hall–Kier alpha value is -5.36. The number of benzene rings is 2. The molecule has 2 saturated heterocycles. The Bertz CT molecular complexity index is 2090. The van der Waals surface area contributed by atoms with Crippen LogP contribution in [-0.4, -0.2) is 68.1 Å². The molecule has 2 aliphatic rings. The lowest BCUT2D eigenvalue weighted by atomic mass is 9.89. The molecule has 1 atom stereocenters. The number of hydrogen-bond acceptors (Lipinski definition) is 9. The highest BCUT2D eigenvalue weighted by Crippen LogP contribution is 2.31. The fraction of sp³-hybridized carbons (Fsp3) is 0.400. The number of likely N-dealkylation sites (tertiary alicyclic amines) is 1. The highest BCUT2D eigenvalue weighted by atomic mass is 16.5. The molecule has 12 heteroatoms. The van der Waals surface area contributed by atoms with Gasteiger partial charge in [-0.05, 0) is 104 Å². The molecule has 2 aromatic carbocycles. The minimum absolute atomic E-state index is 0.0390. The first kappa shape index (κ1) is 35.1. The van der Waals surface area contributed by atoms with Crippen LogP contribution in [0.4, 0.5) is 5.69 Å². The molecule has 0 radical (unpaired) electrons. The highest BCUT2D eigenvalue weighted by molar-refractivity contribution is 6.01. The highest BCUT2D eigenvalue weighted by Gasteiger charge is 2.27. The SMILES string of the molecule is Cc1cc(-c2ccnn3cc(CCN4CCC(c5ccc(NC6CCC(=O)NC6=O)cc5)CC4)cc23)ccc1CNC(=O)c1noc(C(C)(C)C)n1. The molecule has 12 nitrogen and oxygen atoms in total. The second-order valence-electron chi connectivity index (χ2n) is 15.1. The zero-order chi connectivity index (χ0) is 36.4. The van der Waals surface area contributed by atoms with E-state index in [2.05, 4.69) is 91.7 Å². The summed E-state index contributed by atoms with van der Waals surface area (Å²) in [6.45, 7) is 11.4. The number of nitrogens with zero attached hydrogens (tertiary/aromatic N) is 5. The molecular formula is C40H46N8O4. The fourth-order valence-corrected chi connectivity index (χ4v) is 7.05. The molecular weight excluding hydrogens is 656 g/mol. The van der Waals surface area contributed by atoms with Crippen molar-refractivity contribution in [2.75, 3.05) is 25.0 Å². The first-order valence-electron chi connectivity index (χ1n) is 18.1. The minimum Gasteiger partial charge on any atom is -0.374 e. The third-order valence-corrected chi connectivity index (χ3v) is 10.2. The number of carbonyl (C=O) groups excluding carboxylic acids is 3. The van der Waals surface area contributed by atoms with Crippen LogP contribution in [0.3, 0.4) is 0 Å².